The van der Waals surface area contributed by atoms with Gasteiger partial charge in [0, 0.05) is 19.8 Å². The maximum atomic E-state index is 2.29. The first-order valence-corrected chi connectivity index (χ1v) is 5.13. The quantitative estimate of drug-likeness (QED) is 0.587. The highest BCUT2D eigenvalue weighted by atomic mass is 15.1. The molecule has 0 saturated heterocycles. The molecule has 0 aromatic carbocycles. The van der Waals surface area contributed by atoms with Gasteiger partial charge in [-0.2, -0.15) is 0 Å². The standard InChI is InChI=1S/C12H23N/c1-6-7-8-12(13(4)5)10-9-11(2)3/h8-11H,6-7H2,1-5H3/b10-9-,12-8+. The Bertz CT molecular complexity index is 176. The van der Waals surface area contributed by atoms with Gasteiger partial charge < -0.3 is 4.90 Å². The third kappa shape index (κ3) is 6.44. The van der Waals surface area contributed by atoms with Crippen LogP contribution >= 0.6 is 0 Å². The third-order valence-electron chi connectivity index (χ3n) is 1.81. The molecule has 0 atom stereocenters. The number of nitrogens with zero attached hydrogens (tertiary/aromatic N) is 1. The third-order valence-corrected chi connectivity index (χ3v) is 1.81. The van der Waals surface area contributed by atoms with E-state index in [0.29, 0.717) is 5.92 Å². The molecule has 0 heterocycles. The van der Waals surface area contributed by atoms with Crippen LogP contribution in [0.15, 0.2) is 23.9 Å². The SMILES string of the molecule is CCC/C=C(\C=C/C(C)C)N(C)C. The van der Waals surface area contributed by atoms with Crippen LogP contribution < -0.4 is 0 Å². The van der Waals surface area contributed by atoms with Crippen molar-refractivity contribution in [2.24, 2.45) is 5.92 Å². The van der Waals surface area contributed by atoms with E-state index in [0.717, 1.165) is 6.42 Å². The molecule has 0 saturated carbocycles. The first kappa shape index (κ1) is 12.3. The van der Waals surface area contributed by atoms with Gasteiger partial charge in [-0.25, -0.2) is 0 Å². The first-order chi connectivity index (χ1) is 6.07. The van der Waals surface area contributed by atoms with Crippen molar-refractivity contribution >= 4 is 0 Å². The fourth-order valence-corrected chi connectivity index (χ4v) is 0.983. The zero-order valence-corrected chi connectivity index (χ0v) is 9.67. The highest BCUT2D eigenvalue weighted by molar-refractivity contribution is 5.16. The van der Waals surface area contributed by atoms with Gasteiger partial charge in [0.05, 0.1) is 0 Å². The van der Waals surface area contributed by atoms with Crippen molar-refractivity contribution in [3.8, 4) is 0 Å². The maximum absolute atomic E-state index is 2.29. The van der Waals surface area contributed by atoms with Crippen LogP contribution in [0, 0.1) is 5.92 Å². The van der Waals surface area contributed by atoms with E-state index in [-0.39, 0.29) is 0 Å². The van der Waals surface area contributed by atoms with E-state index in [2.05, 4.69) is 58.0 Å². The van der Waals surface area contributed by atoms with Crippen LogP contribution in [0.3, 0.4) is 0 Å². The van der Waals surface area contributed by atoms with Gasteiger partial charge in [-0.1, -0.05) is 39.3 Å². The largest absolute Gasteiger partial charge is 0.378 e. The van der Waals surface area contributed by atoms with E-state index >= 15 is 0 Å². The predicted molar refractivity (Wildman–Crippen MR) is 60.7 cm³/mol. The molecule has 0 rings (SSSR count). The molecule has 0 N–H and O–H groups in total. The van der Waals surface area contributed by atoms with Crippen LogP contribution in [-0.4, -0.2) is 19.0 Å². The molecule has 13 heavy (non-hydrogen) atoms. The normalized spacial score (nSPS) is 12.9. The molecule has 0 amide bonds. The minimum atomic E-state index is 0.630. The summed E-state index contributed by atoms with van der Waals surface area (Å²) in [6, 6.07) is 0. The number of rotatable bonds is 5. The summed E-state index contributed by atoms with van der Waals surface area (Å²) in [5, 5.41) is 0. The molecule has 0 aromatic rings. The van der Waals surface area contributed by atoms with Crippen molar-refractivity contribution in [1.29, 1.82) is 0 Å². The number of unbranched alkanes of at least 4 members (excludes halogenated alkanes) is 1. The Morgan fingerprint density at radius 2 is 1.92 bits per heavy atom. The van der Waals surface area contributed by atoms with Crippen molar-refractivity contribution in [3.63, 3.8) is 0 Å². The Kier molecular flexibility index (Phi) is 6.38. The number of likely N-dealkylation sites (N-methyl/N-ethyl adjacent to an activating group) is 1. The lowest BCUT2D eigenvalue weighted by Gasteiger charge is -2.14. The van der Waals surface area contributed by atoms with Crippen molar-refractivity contribution in [2.75, 3.05) is 14.1 Å². The van der Waals surface area contributed by atoms with Crippen molar-refractivity contribution in [2.45, 2.75) is 33.6 Å². The van der Waals surface area contributed by atoms with E-state index in [9.17, 15) is 0 Å². The number of allylic oxidation sites excluding steroid dienone is 3. The van der Waals surface area contributed by atoms with E-state index in [4.69, 9.17) is 0 Å². The summed E-state index contributed by atoms with van der Waals surface area (Å²) in [6.07, 6.45) is 9.11. The number of hydrogen-bond donors (Lipinski definition) is 0. The minimum Gasteiger partial charge on any atom is -0.378 e. The Morgan fingerprint density at radius 3 is 2.31 bits per heavy atom. The van der Waals surface area contributed by atoms with E-state index in [1.807, 2.05) is 0 Å². The molecule has 76 valence electrons. The first-order valence-electron chi connectivity index (χ1n) is 5.13. The molecular weight excluding hydrogens is 158 g/mol. The summed E-state index contributed by atoms with van der Waals surface area (Å²) >= 11 is 0. The zero-order chi connectivity index (χ0) is 10.3. The fraction of sp³-hybridized carbons (Fsp3) is 0.667. The van der Waals surface area contributed by atoms with Crippen LogP contribution in [0.25, 0.3) is 0 Å². The average molecular weight is 181 g/mol. The van der Waals surface area contributed by atoms with Gasteiger partial charge in [0.1, 0.15) is 0 Å². The van der Waals surface area contributed by atoms with Gasteiger partial charge >= 0.3 is 0 Å². The molecule has 0 fully saturated rings. The second-order valence-corrected chi connectivity index (χ2v) is 3.92. The van der Waals surface area contributed by atoms with Crippen LogP contribution in [0.1, 0.15) is 33.6 Å². The summed E-state index contributed by atoms with van der Waals surface area (Å²) in [5.74, 6) is 0.630. The molecule has 0 radical (unpaired) electrons. The summed E-state index contributed by atoms with van der Waals surface area (Å²) < 4.78 is 0. The molecule has 1 nitrogen and oxygen atoms in total. The van der Waals surface area contributed by atoms with Crippen LogP contribution in [0.5, 0.6) is 0 Å². The van der Waals surface area contributed by atoms with Crippen molar-refractivity contribution in [3.05, 3.63) is 23.9 Å². The summed E-state index contributed by atoms with van der Waals surface area (Å²) in [5.41, 5.74) is 1.32. The molecular formula is C12H23N. The molecule has 0 aliphatic rings. The van der Waals surface area contributed by atoms with Crippen LogP contribution in [0.2, 0.25) is 0 Å². The van der Waals surface area contributed by atoms with E-state index in [1.54, 1.807) is 0 Å². The van der Waals surface area contributed by atoms with Gasteiger partial charge in [0.25, 0.3) is 0 Å². The van der Waals surface area contributed by atoms with E-state index < -0.39 is 0 Å². The Balaban J connectivity index is 4.26. The molecule has 0 spiro atoms. The van der Waals surface area contributed by atoms with Gasteiger partial charge in [-0.05, 0) is 18.4 Å². The fourth-order valence-electron chi connectivity index (χ4n) is 0.983. The van der Waals surface area contributed by atoms with Crippen molar-refractivity contribution < 1.29 is 0 Å². The molecule has 0 unspecified atom stereocenters. The topological polar surface area (TPSA) is 3.24 Å². The highest BCUT2D eigenvalue weighted by Crippen LogP contribution is 2.06. The Hall–Kier alpha value is -0.720. The Morgan fingerprint density at radius 1 is 1.31 bits per heavy atom. The molecule has 0 aromatic heterocycles. The predicted octanol–water partition coefficient (Wildman–Crippen LogP) is 3.44. The molecule has 0 aliphatic heterocycles. The average Bonchev–Trinajstić information content (AvgIpc) is 2.03. The lowest BCUT2D eigenvalue weighted by Crippen LogP contribution is -2.09. The smallest absolute Gasteiger partial charge is 0.0317 e. The van der Waals surface area contributed by atoms with Gasteiger partial charge in [0.2, 0.25) is 0 Å². The lowest BCUT2D eigenvalue weighted by molar-refractivity contribution is 0.525. The number of hydrogen-bond acceptors (Lipinski definition) is 1. The summed E-state index contributed by atoms with van der Waals surface area (Å²) in [6.45, 7) is 6.60. The van der Waals surface area contributed by atoms with Gasteiger partial charge in [-0.15, -0.1) is 0 Å². The lowest BCUT2D eigenvalue weighted by atomic mass is 10.2. The second-order valence-electron chi connectivity index (χ2n) is 3.92. The molecule has 0 bridgehead atoms. The Labute approximate surface area is 83.1 Å². The highest BCUT2D eigenvalue weighted by Gasteiger charge is 1.94. The monoisotopic (exact) mass is 181 g/mol. The minimum absolute atomic E-state index is 0.630. The van der Waals surface area contributed by atoms with E-state index in [1.165, 1.54) is 12.1 Å². The molecule has 0 aliphatic carbocycles. The zero-order valence-electron chi connectivity index (χ0n) is 9.67. The summed E-state index contributed by atoms with van der Waals surface area (Å²) in [7, 11) is 4.18. The van der Waals surface area contributed by atoms with Crippen LogP contribution in [-0.2, 0) is 0 Å². The second kappa shape index (κ2) is 6.76. The van der Waals surface area contributed by atoms with Crippen LogP contribution in [0.4, 0.5) is 0 Å². The van der Waals surface area contributed by atoms with Gasteiger partial charge in [-0.3, -0.25) is 0 Å². The van der Waals surface area contributed by atoms with Crippen molar-refractivity contribution in [1.82, 2.24) is 4.90 Å². The summed E-state index contributed by atoms with van der Waals surface area (Å²) in [4.78, 5) is 2.16. The maximum Gasteiger partial charge on any atom is 0.0317 e. The van der Waals surface area contributed by atoms with Gasteiger partial charge in [0.15, 0.2) is 0 Å². The molecule has 1 heteroatoms.